The van der Waals surface area contributed by atoms with Crippen LogP contribution < -0.4 is 4.90 Å². The molecule has 1 fully saturated rings. The summed E-state index contributed by atoms with van der Waals surface area (Å²) in [5.41, 5.74) is 2.43. The predicted octanol–water partition coefficient (Wildman–Crippen LogP) is 3.32. The summed E-state index contributed by atoms with van der Waals surface area (Å²) in [4.78, 5) is 13.6. The van der Waals surface area contributed by atoms with Gasteiger partial charge in [0.1, 0.15) is 0 Å². The van der Waals surface area contributed by atoms with Crippen molar-refractivity contribution in [1.82, 2.24) is 0 Å². The maximum atomic E-state index is 11.3. The van der Waals surface area contributed by atoms with E-state index in [1.807, 2.05) is 19.1 Å². The van der Waals surface area contributed by atoms with Gasteiger partial charge in [0, 0.05) is 12.6 Å². The number of rotatable bonds is 3. The van der Waals surface area contributed by atoms with Crippen LogP contribution in [0.3, 0.4) is 0 Å². The third-order valence-electron chi connectivity index (χ3n) is 3.76. The summed E-state index contributed by atoms with van der Waals surface area (Å²) < 4.78 is 0. The molecule has 0 bridgehead atoms. The van der Waals surface area contributed by atoms with E-state index < -0.39 is 5.97 Å². The first-order valence-corrected chi connectivity index (χ1v) is 6.61. The molecule has 98 valence electrons. The summed E-state index contributed by atoms with van der Waals surface area (Å²) in [6, 6.07) is 6.06. The molecule has 1 aromatic rings. The minimum Gasteiger partial charge on any atom is -0.478 e. The monoisotopic (exact) mass is 247 g/mol. The Hall–Kier alpha value is -1.51. The summed E-state index contributed by atoms with van der Waals surface area (Å²) in [6.07, 6.45) is 2.31. The molecule has 1 heterocycles. The second-order valence-electron chi connectivity index (χ2n) is 5.47. The maximum Gasteiger partial charge on any atom is 0.337 e. The van der Waals surface area contributed by atoms with Crippen molar-refractivity contribution in [1.29, 1.82) is 0 Å². The Morgan fingerprint density at radius 2 is 2.17 bits per heavy atom. The maximum absolute atomic E-state index is 11.3. The SMILES string of the molecule is Cc1ccc(C(=O)O)c(N2CCCC2C(C)C)c1. The molecule has 1 atom stereocenters. The number of hydrogen-bond acceptors (Lipinski definition) is 2. The molecular weight excluding hydrogens is 226 g/mol. The minimum atomic E-state index is -0.834. The second kappa shape index (κ2) is 5.01. The Labute approximate surface area is 108 Å². The van der Waals surface area contributed by atoms with Crippen LogP contribution in [0.15, 0.2) is 18.2 Å². The van der Waals surface area contributed by atoms with E-state index in [2.05, 4.69) is 18.7 Å². The first-order chi connectivity index (χ1) is 8.50. The van der Waals surface area contributed by atoms with Crippen LogP contribution in [0.1, 0.15) is 42.6 Å². The van der Waals surface area contributed by atoms with Gasteiger partial charge in [0.05, 0.1) is 11.3 Å². The largest absolute Gasteiger partial charge is 0.478 e. The highest BCUT2D eigenvalue weighted by atomic mass is 16.4. The summed E-state index contributed by atoms with van der Waals surface area (Å²) in [5.74, 6) is -0.283. The Morgan fingerprint density at radius 1 is 1.44 bits per heavy atom. The summed E-state index contributed by atoms with van der Waals surface area (Å²) in [5, 5.41) is 9.32. The molecule has 0 radical (unpaired) electrons. The van der Waals surface area contributed by atoms with Crippen molar-refractivity contribution in [3.05, 3.63) is 29.3 Å². The molecule has 1 N–H and O–H groups in total. The third-order valence-corrected chi connectivity index (χ3v) is 3.76. The van der Waals surface area contributed by atoms with Crippen LogP contribution in [0.5, 0.6) is 0 Å². The van der Waals surface area contributed by atoms with Gasteiger partial charge >= 0.3 is 5.97 Å². The number of carboxylic acids is 1. The van der Waals surface area contributed by atoms with E-state index in [1.54, 1.807) is 6.07 Å². The minimum absolute atomic E-state index is 0.424. The average Bonchev–Trinajstić information content (AvgIpc) is 2.77. The highest BCUT2D eigenvalue weighted by Crippen LogP contribution is 2.32. The number of carbonyl (C=O) groups is 1. The fraction of sp³-hybridized carbons (Fsp3) is 0.533. The van der Waals surface area contributed by atoms with Crippen LogP contribution in [-0.4, -0.2) is 23.7 Å². The highest BCUT2D eigenvalue weighted by molar-refractivity contribution is 5.94. The molecule has 18 heavy (non-hydrogen) atoms. The lowest BCUT2D eigenvalue weighted by Crippen LogP contribution is -2.34. The first kappa shape index (κ1) is 12.9. The molecule has 3 heteroatoms. The average molecular weight is 247 g/mol. The van der Waals surface area contributed by atoms with E-state index in [0.29, 0.717) is 17.5 Å². The first-order valence-electron chi connectivity index (χ1n) is 6.61. The number of nitrogens with zero attached hydrogens (tertiary/aromatic N) is 1. The topological polar surface area (TPSA) is 40.5 Å². The van der Waals surface area contributed by atoms with Crippen molar-refractivity contribution in [2.45, 2.75) is 39.7 Å². The smallest absolute Gasteiger partial charge is 0.337 e. The molecule has 0 amide bonds. The number of aryl methyl sites for hydroxylation is 1. The van der Waals surface area contributed by atoms with Crippen molar-refractivity contribution >= 4 is 11.7 Å². The van der Waals surface area contributed by atoms with Gasteiger partial charge in [-0.3, -0.25) is 0 Å². The van der Waals surface area contributed by atoms with Crippen LogP contribution in [0.25, 0.3) is 0 Å². The normalized spacial score (nSPS) is 19.6. The van der Waals surface area contributed by atoms with Gasteiger partial charge in [-0.2, -0.15) is 0 Å². The van der Waals surface area contributed by atoms with Gasteiger partial charge in [0.15, 0.2) is 0 Å². The number of hydrogen-bond donors (Lipinski definition) is 1. The Balaban J connectivity index is 2.42. The molecule has 1 saturated heterocycles. The lowest BCUT2D eigenvalue weighted by molar-refractivity contribution is 0.0697. The molecule has 1 aromatic carbocycles. The Morgan fingerprint density at radius 3 is 2.78 bits per heavy atom. The van der Waals surface area contributed by atoms with Gasteiger partial charge in [-0.05, 0) is 43.4 Å². The summed E-state index contributed by atoms with van der Waals surface area (Å²) in [7, 11) is 0. The molecule has 1 unspecified atom stereocenters. The summed E-state index contributed by atoms with van der Waals surface area (Å²) in [6.45, 7) is 7.39. The lowest BCUT2D eigenvalue weighted by atomic mass is 10.00. The zero-order valence-electron chi connectivity index (χ0n) is 11.3. The van der Waals surface area contributed by atoms with Crippen molar-refractivity contribution < 1.29 is 9.90 Å². The van der Waals surface area contributed by atoms with Gasteiger partial charge in [0.2, 0.25) is 0 Å². The summed E-state index contributed by atoms with van der Waals surface area (Å²) >= 11 is 0. The highest BCUT2D eigenvalue weighted by Gasteiger charge is 2.29. The van der Waals surface area contributed by atoms with E-state index in [0.717, 1.165) is 30.6 Å². The van der Waals surface area contributed by atoms with Crippen molar-refractivity contribution in [3.8, 4) is 0 Å². The van der Waals surface area contributed by atoms with Gasteiger partial charge in [0.25, 0.3) is 0 Å². The molecule has 3 nitrogen and oxygen atoms in total. The van der Waals surface area contributed by atoms with Crippen LogP contribution in [-0.2, 0) is 0 Å². The van der Waals surface area contributed by atoms with Crippen molar-refractivity contribution in [2.24, 2.45) is 5.92 Å². The number of benzene rings is 1. The number of aromatic carboxylic acids is 1. The number of anilines is 1. The Bertz CT molecular complexity index is 454. The van der Waals surface area contributed by atoms with E-state index >= 15 is 0 Å². The van der Waals surface area contributed by atoms with E-state index in [4.69, 9.17) is 0 Å². The zero-order valence-corrected chi connectivity index (χ0v) is 11.3. The standard InChI is InChI=1S/C15H21NO2/c1-10(2)13-5-4-8-16(13)14-9-11(3)6-7-12(14)15(17)18/h6-7,9-10,13H,4-5,8H2,1-3H3,(H,17,18). The fourth-order valence-corrected chi connectivity index (χ4v) is 2.84. The van der Waals surface area contributed by atoms with Crippen molar-refractivity contribution in [3.63, 3.8) is 0 Å². The van der Waals surface area contributed by atoms with Crippen LogP contribution in [0.4, 0.5) is 5.69 Å². The third kappa shape index (κ3) is 2.35. The molecule has 0 saturated carbocycles. The van der Waals surface area contributed by atoms with E-state index in [1.165, 1.54) is 0 Å². The van der Waals surface area contributed by atoms with Gasteiger partial charge in [-0.25, -0.2) is 4.79 Å². The molecule has 2 rings (SSSR count). The number of carboxylic acid groups (broad SMARTS) is 1. The van der Waals surface area contributed by atoms with Crippen LogP contribution in [0.2, 0.25) is 0 Å². The fourth-order valence-electron chi connectivity index (χ4n) is 2.84. The molecule has 0 spiro atoms. The van der Waals surface area contributed by atoms with Crippen molar-refractivity contribution in [2.75, 3.05) is 11.4 Å². The van der Waals surface area contributed by atoms with Gasteiger partial charge < -0.3 is 10.0 Å². The zero-order chi connectivity index (χ0) is 13.3. The molecular formula is C15H21NO2. The van der Waals surface area contributed by atoms with E-state index in [9.17, 15) is 9.90 Å². The molecule has 1 aliphatic rings. The van der Waals surface area contributed by atoms with E-state index in [-0.39, 0.29) is 0 Å². The second-order valence-corrected chi connectivity index (χ2v) is 5.47. The molecule has 0 aromatic heterocycles. The van der Waals surface area contributed by atoms with Crippen LogP contribution >= 0.6 is 0 Å². The Kier molecular flexibility index (Phi) is 3.60. The van der Waals surface area contributed by atoms with Crippen LogP contribution in [0, 0.1) is 12.8 Å². The molecule has 0 aliphatic carbocycles. The lowest BCUT2D eigenvalue weighted by Gasteiger charge is -2.31. The van der Waals surface area contributed by atoms with Gasteiger partial charge in [-0.1, -0.05) is 19.9 Å². The molecule has 1 aliphatic heterocycles. The van der Waals surface area contributed by atoms with Gasteiger partial charge in [-0.15, -0.1) is 0 Å². The quantitative estimate of drug-likeness (QED) is 0.890. The predicted molar refractivity (Wildman–Crippen MR) is 73.3 cm³/mol.